The highest BCUT2D eigenvalue weighted by Crippen LogP contribution is 2.17. The number of nitrogens with zero attached hydrogens (tertiary/aromatic N) is 1. The van der Waals surface area contributed by atoms with E-state index in [9.17, 15) is 9.59 Å². The highest BCUT2D eigenvalue weighted by Gasteiger charge is 2.14. The summed E-state index contributed by atoms with van der Waals surface area (Å²) < 4.78 is 5.55. The van der Waals surface area contributed by atoms with E-state index in [0.717, 1.165) is 11.4 Å². The summed E-state index contributed by atoms with van der Waals surface area (Å²) in [6.07, 6.45) is 0.399. The largest absolute Gasteiger partial charge is 0.491 e. The predicted molar refractivity (Wildman–Crippen MR) is 88.0 cm³/mol. The van der Waals surface area contributed by atoms with E-state index in [1.54, 1.807) is 17.0 Å². The number of carbonyl (C=O) groups excluding carboxylic acids is 2. The van der Waals surface area contributed by atoms with Crippen LogP contribution in [0.25, 0.3) is 0 Å². The van der Waals surface area contributed by atoms with Gasteiger partial charge in [-0.05, 0) is 52.0 Å². The summed E-state index contributed by atoms with van der Waals surface area (Å²) in [5.41, 5.74) is 0.722. The standard InChI is InChI=1S/C17H26N2O3/c1-12(2)19(14(5)20)11-10-17(21)18-15-6-8-16(9-7-15)22-13(3)4/h6-9,12-13H,10-11H2,1-5H3,(H,18,21). The van der Waals surface area contributed by atoms with Crippen molar-refractivity contribution in [3.8, 4) is 5.75 Å². The Hall–Kier alpha value is -2.04. The van der Waals surface area contributed by atoms with Crippen LogP contribution in [0.1, 0.15) is 41.0 Å². The van der Waals surface area contributed by atoms with Gasteiger partial charge in [0.2, 0.25) is 11.8 Å². The molecule has 0 spiro atoms. The molecule has 5 heteroatoms. The first-order valence-electron chi connectivity index (χ1n) is 7.63. The van der Waals surface area contributed by atoms with Gasteiger partial charge in [-0.3, -0.25) is 9.59 Å². The molecule has 22 heavy (non-hydrogen) atoms. The van der Waals surface area contributed by atoms with Crippen molar-refractivity contribution in [3.63, 3.8) is 0 Å². The second-order valence-electron chi connectivity index (χ2n) is 5.80. The molecule has 0 saturated carbocycles. The number of carbonyl (C=O) groups is 2. The predicted octanol–water partition coefficient (Wildman–Crippen LogP) is 3.06. The molecule has 0 aliphatic rings. The maximum atomic E-state index is 11.9. The van der Waals surface area contributed by atoms with Crippen molar-refractivity contribution in [1.29, 1.82) is 0 Å². The second kappa shape index (κ2) is 8.41. The SMILES string of the molecule is CC(=O)N(CCC(=O)Nc1ccc(OC(C)C)cc1)C(C)C. The zero-order valence-corrected chi connectivity index (χ0v) is 14.1. The Kier molecular flexibility index (Phi) is 6.89. The van der Waals surface area contributed by atoms with E-state index in [1.807, 2.05) is 39.8 Å². The van der Waals surface area contributed by atoms with Gasteiger partial charge in [0.15, 0.2) is 0 Å². The lowest BCUT2D eigenvalue weighted by atomic mass is 10.2. The fourth-order valence-corrected chi connectivity index (χ4v) is 2.11. The van der Waals surface area contributed by atoms with Gasteiger partial charge in [-0.25, -0.2) is 0 Å². The zero-order valence-electron chi connectivity index (χ0n) is 14.1. The summed E-state index contributed by atoms with van der Waals surface area (Å²) in [7, 11) is 0. The number of rotatable bonds is 7. The van der Waals surface area contributed by atoms with Gasteiger partial charge in [-0.1, -0.05) is 0 Å². The smallest absolute Gasteiger partial charge is 0.226 e. The highest BCUT2D eigenvalue weighted by molar-refractivity contribution is 5.91. The molecule has 0 atom stereocenters. The average molecular weight is 306 g/mol. The Morgan fingerprint density at radius 1 is 1.14 bits per heavy atom. The molecular formula is C17H26N2O3. The van der Waals surface area contributed by atoms with Crippen LogP contribution in [0, 0.1) is 0 Å². The molecule has 0 fully saturated rings. The molecule has 0 aromatic heterocycles. The van der Waals surface area contributed by atoms with Gasteiger partial charge < -0.3 is 15.0 Å². The minimum atomic E-state index is -0.107. The molecule has 0 unspecified atom stereocenters. The van der Waals surface area contributed by atoms with Gasteiger partial charge in [-0.2, -0.15) is 0 Å². The fourth-order valence-electron chi connectivity index (χ4n) is 2.11. The van der Waals surface area contributed by atoms with Crippen LogP contribution in [-0.2, 0) is 9.59 Å². The molecule has 0 radical (unpaired) electrons. The number of benzene rings is 1. The van der Waals surface area contributed by atoms with Crippen LogP contribution in [-0.4, -0.2) is 35.4 Å². The third-order valence-electron chi connectivity index (χ3n) is 3.12. The van der Waals surface area contributed by atoms with E-state index in [2.05, 4.69) is 5.32 Å². The average Bonchev–Trinajstić information content (AvgIpc) is 2.39. The van der Waals surface area contributed by atoms with Crippen molar-refractivity contribution < 1.29 is 14.3 Å². The Labute approximate surface area is 132 Å². The van der Waals surface area contributed by atoms with Crippen molar-refractivity contribution >= 4 is 17.5 Å². The summed E-state index contributed by atoms with van der Waals surface area (Å²) >= 11 is 0. The Balaban J connectivity index is 2.49. The summed E-state index contributed by atoms with van der Waals surface area (Å²) in [6, 6.07) is 7.36. The summed E-state index contributed by atoms with van der Waals surface area (Å²) in [6.45, 7) is 9.74. The van der Waals surface area contributed by atoms with Gasteiger partial charge in [0.25, 0.3) is 0 Å². The Morgan fingerprint density at radius 3 is 2.18 bits per heavy atom. The van der Waals surface area contributed by atoms with Gasteiger partial charge in [0.1, 0.15) is 5.75 Å². The number of ether oxygens (including phenoxy) is 1. The molecule has 0 aliphatic heterocycles. The second-order valence-corrected chi connectivity index (χ2v) is 5.80. The zero-order chi connectivity index (χ0) is 16.7. The molecule has 5 nitrogen and oxygen atoms in total. The van der Waals surface area contributed by atoms with Gasteiger partial charge >= 0.3 is 0 Å². The van der Waals surface area contributed by atoms with E-state index >= 15 is 0 Å². The third kappa shape index (κ3) is 6.16. The molecule has 0 heterocycles. The number of anilines is 1. The molecule has 1 N–H and O–H groups in total. The van der Waals surface area contributed by atoms with E-state index in [1.165, 1.54) is 6.92 Å². The lowest BCUT2D eigenvalue weighted by Gasteiger charge is -2.24. The number of hydrogen-bond donors (Lipinski definition) is 1. The number of amides is 2. The van der Waals surface area contributed by atoms with Crippen molar-refractivity contribution in [2.75, 3.05) is 11.9 Å². The van der Waals surface area contributed by atoms with Crippen molar-refractivity contribution in [3.05, 3.63) is 24.3 Å². The van der Waals surface area contributed by atoms with Crippen molar-refractivity contribution in [2.45, 2.75) is 53.2 Å². The molecule has 0 aliphatic carbocycles. The van der Waals surface area contributed by atoms with Crippen LogP contribution >= 0.6 is 0 Å². The minimum absolute atomic E-state index is 0.0158. The van der Waals surface area contributed by atoms with E-state index in [-0.39, 0.29) is 30.4 Å². The topological polar surface area (TPSA) is 58.6 Å². The van der Waals surface area contributed by atoms with E-state index < -0.39 is 0 Å². The summed E-state index contributed by atoms with van der Waals surface area (Å²) in [5, 5.41) is 2.82. The lowest BCUT2D eigenvalue weighted by molar-refractivity contribution is -0.130. The molecule has 0 bridgehead atoms. The normalized spacial score (nSPS) is 10.7. The Bertz CT molecular complexity index is 495. The third-order valence-corrected chi connectivity index (χ3v) is 3.12. The monoisotopic (exact) mass is 306 g/mol. The summed E-state index contributed by atoms with van der Waals surface area (Å²) in [5.74, 6) is 0.651. The molecule has 0 saturated heterocycles. The molecule has 122 valence electrons. The van der Waals surface area contributed by atoms with Gasteiger partial charge in [-0.15, -0.1) is 0 Å². The van der Waals surface area contributed by atoms with Crippen LogP contribution in [0.3, 0.4) is 0 Å². The van der Waals surface area contributed by atoms with Crippen LogP contribution in [0.15, 0.2) is 24.3 Å². The first kappa shape index (κ1) is 18.0. The van der Waals surface area contributed by atoms with Crippen LogP contribution in [0.2, 0.25) is 0 Å². The van der Waals surface area contributed by atoms with E-state index in [0.29, 0.717) is 6.54 Å². The maximum absolute atomic E-state index is 11.9. The molecular weight excluding hydrogens is 280 g/mol. The van der Waals surface area contributed by atoms with Crippen LogP contribution < -0.4 is 10.1 Å². The highest BCUT2D eigenvalue weighted by atomic mass is 16.5. The number of hydrogen-bond acceptors (Lipinski definition) is 3. The Morgan fingerprint density at radius 2 is 1.73 bits per heavy atom. The first-order chi connectivity index (χ1) is 10.3. The van der Waals surface area contributed by atoms with Crippen LogP contribution in [0.5, 0.6) is 5.75 Å². The van der Waals surface area contributed by atoms with Crippen LogP contribution in [0.4, 0.5) is 5.69 Å². The fraction of sp³-hybridized carbons (Fsp3) is 0.529. The molecule has 1 rings (SSSR count). The van der Waals surface area contributed by atoms with E-state index in [4.69, 9.17) is 4.74 Å². The first-order valence-corrected chi connectivity index (χ1v) is 7.63. The minimum Gasteiger partial charge on any atom is -0.491 e. The maximum Gasteiger partial charge on any atom is 0.226 e. The van der Waals surface area contributed by atoms with Gasteiger partial charge in [0.05, 0.1) is 6.10 Å². The molecule has 2 amide bonds. The van der Waals surface area contributed by atoms with Gasteiger partial charge in [0, 0.05) is 31.6 Å². The summed E-state index contributed by atoms with van der Waals surface area (Å²) in [4.78, 5) is 25.1. The quantitative estimate of drug-likeness (QED) is 0.842. The number of nitrogens with one attached hydrogen (secondary N) is 1. The van der Waals surface area contributed by atoms with Crippen molar-refractivity contribution in [2.24, 2.45) is 0 Å². The molecule has 1 aromatic rings. The molecule has 1 aromatic carbocycles. The lowest BCUT2D eigenvalue weighted by Crippen LogP contribution is -2.37. The van der Waals surface area contributed by atoms with Crippen molar-refractivity contribution in [1.82, 2.24) is 4.90 Å².